The molecule has 2 aromatic rings. The average molecular weight is 346 g/mol. The number of piperidine rings is 1. The molecule has 0 spiro atoms. The van der Waals surface area contributed by atoms with Crippen LogP contribution in [0.25, 0.3) is 6.08 Å². The maximum absolute atomic E-state index is 12.3. The van der Waals surface area contributed by atoms with Gasteiger partial charge in [0.15, 0.2) is 0 Å². The lowest BCUT2D eigenvalue weighted by atomic mass is 9.93. The number of aliphatic hydroxyl groups excluding tert-OH is 1. The van der Waals surface area contributed by atoms with E-state index < -0.39 is 0 Å². The zero-order chi connectivity index (χ0) is 16.9. The Morgan fingerprint density at radius 1 is 1.46 bits per heavy atom. The summed E-state index contributed by atoms with van der Waals surface area (Å²) in [6.45, 7) is 4.07. The van der Waals surface area contributed by atoms with Crippen LogP contribution in [0.1, 0.15) is 34.3 Å². The summed E-state index contributed by atoms with van der Waals surface area (Å²) in [4.78, 5) is 19.4. The number of carbonyl (C=O) groups excluding carboxylic acids is 1. The number of rotatable bonds is 5. The monoisotopic (exact) mass is 346 g/mol. The molecule has 1 saturated heterocycles. The van der Waals surface area contributed by atoms with Crippen LogP contribution in [0.15, 0.2) is 24.5 Å². The lowest BCUT2D eigenvalue weighted by Crippen LogP contribution is -2.37. The first kappa shape index (κ1) is 16.9. The SMILES string of the molecule is Cc1ncc(/C=C/C(=O)N2CCC(c3ccnn3CCO)CC2)s1. The summed E-state index contributed by atoms with van der Waals surface area (Å²) in [6.07, 6.45) is 8.91. The highest BCUT2D eigenvalue weighted by Crippen LogP contribution is 2.28. The van der Waals surface area contributed by atoms with Gasteiger partial charge in [-0.05, 0) is 31.9 Å². The highest BCUT2D eigenvalue weighted by molar-refractivity contribution is 7.12. The van der Waals surface area contributed by atoms with Gasteiger partial charge < -0.3 is 10.0 Å². The van der Waals surface area contributed by atoms with E-state index in [4.69, 9.17) is 5.11 Å². The van der Waals surface area contributed by atoms with Gasteiger partial charge in [0.2, 0.25) is 5.91 Å². The van der Waals surface area contributed by atoms with Crippen molar-refractivity contribution >= 4 is 23.3 Å². The van der Waals surface area contributed by atoms with Crippen molar-refractivity contribution in [2.75, 3.05) is 19.7 Å². The molecule has 3 rings (SSSR count). The largest absolute Gasteiger partial charge is 0.394 e. The molecule has 0 saturated carbocycles. The highest BCUT2D eigenvalue weighted by atomic mass is 32.1. The van der Waals surface area contributed by atoms with Crippen molar-refractivity contribution < 1.29 is 9.90 Å². The second kappa shape index (κ2) is 7.72. The molecule has 3 heterocycles. The van der Waals surface area contributed by atoms with Gasteiger partial charge in [-0.25, -0.2) is 4.98 Å². The number of aryl methyl sites for hydroxylation is 1. The van der Waals surface area contributed by atoms with Crippen molar-refractivity contribution in [2.24, 2.45) is 0 Å². The zero-order valence-electron chi connectivity index (χ0n) is 13.8. The van der Waals surface area contributed by atoms with E-state index in [0.717, 1.165) is 41.5 Å². The van der Waals surface area contributed by atoms with Gasteiger partial charge in [-0.3, -0.25) is 9.48 Å². The number of aliphatic hydroxyl groups is 1. The number of nitrogens with zero attached hydrogens (tertiary/aromatic N) is 4. The number of thiazole rings is 1. The quantitative estimate of drug-likeness (QED) is 0.841. The van der Waals surface area contributed by atoms with Gasteiger partial charge in [-0.1, -0.05) is 0 Å². The highest BCUT2D eigenvalue weighted by Gasteiger charge is 2.24. The Labute approximate surface area is 145 Å². The number of aromatic nitrogens is 3. The molecular formula is C17H22N4O2S. The molecule has 0 aromatic carbocycles. The Balaban J connectivity index is 1.55. The van der Waals surface area contributed by atoms with Gasteiger partial charge in [-0.2, -0.15) is 5.10 Å². The maximum atomic E-state index is 12.3. The normalized spacial score (nSPS) is 16.2. The zero-order valence-corrected chi connectivity index (χ0v) is 14.6. The third-order valence-electron chi connectivity index (χ3n) is 4.32. The predicted octanol–water partition coefficient (Wildman–Crippen LogP) is 2.06. The lowest BCUT2D eigenvalue weighted by Gasteiger charge is -2.31. The molecule has 1 amide bonds. The van der Waals surface area contributed by atoms with E-state index in [1.807, 2.05) is 28.6 Å². The lowest BCUT2D eigenvalue weighted by molar-refractivity contribution is -0.127. The summed E-state index contributed by atoms with van der Waals surface area (Å²) in [7, 11) is 0. The summed E-state index contributed by atoms with van der Waals surface area (Å²) >= 11 is 1.58. The Hall–Kier alpha value is -1.99. The molecule has 7 heteroatoms. The van der Waals surface area contributed by atoms with Crippen LogP contribution in [0.5, 0.6) is 0 Å². The Kier molecular flexibility index (Phi) is 5.42. The molecule has 0 aliphatic carbocycles. The van der Waals surface area contributed by atoms with Crippen molar-refractivity contribution in [2.45, 2.75) is 32.2 Å². The average Bonchev–Trinajstić information content (AvgIpc) is 3.22. The third-order valence-corrected chi connectivity index (χ3v) is 5.19. The fourth-order valence-corrected chi connectivity index (χ4v) is 3.77. The summed E-state index contributed by atoms with van der Waals surface area (Å²) in [5.41, 5.74) is 1.16. The molecule has 2 aromatic heterocycles. The van der Waals surface area contributed by atoms with Crippen LogP contribution in [-0.4, -0.2) is 50.4 Å². The predicted molar refractivity (Wildman–Crippen MR) is 93.8 cm³/mol. The Bertz CT molecular complexity index is 714. The van der Waals surface area contributed by atoms with E-state index >= 15 is 0 Å². The minimum Gasteiger partial charge on any atom is -0.394 e. The van der Waals surface area contributed by atoms with Crippen molar-refractivity contribution in [3.05, 3.63) is 40.1 Å². The van der Waals surface area contributed by atoms with Crippen LogP contribution in [-0.2, 0) is 11.3 Å². The summed E-state index contributed by atoms with van der Waals surface area (Å²) < 4.78 is 1.87. The third kappa shape index (κ3) is 3.91. The molecule has 1 aliphatic rings. The van der Waals surface area contributed by atoms with E-state index in [9.17, 15) is 4.79 Å². The van der Waals surface area contributed by atoms with E-state index in [-0.39, 0.29) is 12.5 Å². The molecule has 0 atom stereocenters. The van der Waals surface area contributed by atoms with E-state index in [0.29, 0.717) is 12.5 Å². The van der Waals surface area contributed by atoms with Gasteiger partial charge >= 0.3 is 0 Å². The fourth-order valence-electron chi connectivity index (χ4n) is 3.08. The van der Waals surface area contributed by atoms with Gasteiger partial charge in [0, 0.05) is 48.0 Å². The van der Waals surface area contributed by atoms with Crippen LogP contribution < -0.4 is 0 Å². The number of hydrogen-bond donors (Lipinski definition) is 1. The molecule has 0 radical (unpaired) electrons. The van der Waals surface area contributed by atoms with Crippen LogP contribution in [0.2, 0.25) is 0 Å². The van der Waals surface area contributed by atoms with E-state index in [2.05, 4.69) is 10.1 Å². The molecule has 1 fully saturated rings. The minimum absolute atomic E-state index is 0.0587. The molecule has 24 heavy (non-hydrogen) atoms. The fraction of sp³-hybridized carbons (Fsp3) is 0.471. The first-order valence-electron chi connectivity index (χ1n) is 8.19. The van der Waals surface area contributed by atoms with Crippen LogP contribution >= 0.6 is 11.3 Å². The standard InChI is InChI=1S/C17H22N4O2S/c1-13-18-12-15(24-13)2-3-17(23)20-8-5-14(6-9-20)16-4-7-19-21(16)10-11-22/h2-4,7,12,14,22H,5-6,8-11H2,1H3/b3-2+. The van der Waals surface area contributed by atoms with Crippen molar-refractivity contribution in [3.63, 3.8) is 0 Å². The maximum Gasteiger partial charge on any atom is 0.246 e. The molecular weight excluding hydrogens is 324 g/mol. The number of hydrogen-bond acceptors (Lipinski definition) is 5. The second-order valence-electron chi connectivity index (χ2n) is 5.92. The van der Waals surface area contributed by atoms with Crippen molar-refractivity contribution in [1.82, 2.24) is 19.7 Å². The summed E-state index contributed by atoms with van der Waals surface area (Å²) in [5, 5.41) is 14.4. The molecule has 1 aliphatic heterocycles. The first-order valence-corrected chi connectivity index (χ1v) is 9.01. The topological polar surface area (TPSA) is 71.2 Å². The Morgan fingerprint density at radius 3 is 2.92 bits per heavy atom. The van der Waals surface area contributed by atoms with E-state index in [1.54, 1.807) is 29.8 Å². The summed E-state index contributed by atoms with van der Waals surface area (Å²) in [5.74, 6) is 0.458. The Morgan fingerprint density at radius 2 is 2.25 bits per heavy atom. The first-order chi connectivity index (χ1) is 11.7. The number of carbonyl (C=O) groups is 1. The smallest absolute Gasteiger partial charge is 0.246 e. The van der Waals surface area contributed by atoms with Gasteiger partial charge in [0.05, 0.1) is 18.2 Å². The van der Waals surface area contributed by atoms with Crippen LogP contribution in [0.4, 0.5) is 0 Å². The van der Waals surface area contributed by atoms with Crippen molar-refractivity contribution in [1.29, 1.82) is 0 Å². The number of likely N-dealkylation sites (tertiary alicyclic amines) is 1. The van der Waals surface area contributed by atoms with Gasteiger partial charge in [0.25, 0.3) is 0 Å². The van der Waals surface area contributed by atoms with Gasteiger partial charge in [-0.15, -0.1) is 11.3 Å². The molecule has 1 N–H and O–H groups in total. The van der Waals surface area contributed by atoms with E-state index in [1.165, 1.54) is 0 Å². The van der Waals surface area contributed by atoms with Crippen LogP contribution in [0, 0.1) is 6.92 Å². The second-order valence-corrected chi connectivity index (χ2v) is 7.18. The summed E-state index contributed by atoms with van der Waals surface area (Å²) in [6, 6.07) is 2.02. The number of amides is 1. The van der Waals surface area contributed by atoms with Crippen molar-refractivity contribution in [3.8, 4) is 0 Å². The molecule has 0 unspecified atom stereocenters. The molecule has 6 nitrogen and oxygen atoms in total. The van der Waals surface area contributed by atoms with Crippen LogP contribution in [0.3, 0.4) is 0 Å². The van der Waals surface area contributed by atoms with Gasteiger partial charge in [0.1, 0.15) is 0 Å². The molecule has 0 bridgehead atoms. The molecule has 128 valence electrons. The minimum atomic E-state index is 0.0587.